The number of nitrogen functional groups attached to an aromatic ring is 1. The summed E-state index contributed by atoms with van der Waals surface area (Å²) < 4.78 is 14.5. The molecule has 0 aliphatic heterocycles. The highest BCUT2D eigenvalue weighted by molar-refractivity contribution is 6.28. The Morgan fingerprint density at radius 1 is 1.32 bits per heavy atom. The second kappa shape index (κ2) is 4.13. The summed E-state index contributed by atoms with van der Waals surface area (Å²) in [5.41, 5.74) is 7.24. The molecule has 19 heavy (non-hydrogen) atoms. The van der Waals surface area contributed by atoms with Crippen molar-refractivity contribution in [3.63, 3.8) is 0 Å². The molecule has 2 N–H and O–H groups in total. The Hall–Kier alpha value is -2.28. The molecule has 0 spiro atoms. The maximum atomic E-state index is 13.2. The maximum Gasteiger partial charge on any atom is 0.289 e. The molecule has 96 valence electrons. The van der Waals surface area contributed by atoms with Gasteiger partial charge in [0, 0.05) is 25.0 Å². The topological polar surface area (TPSA) is 82.5 Å². The highest BCUT2D eigenvalue weighted by Crippen LogP contribution is 2.24. The molecule has 3 aromatic rings. The van der Waals surface area contributed by atoms with Gasteiger partial charge in [0.2, 0.25) is 5.28 Å². The molecule has 0 aliphatic rings. The van der Waals surface area contributed by atoms with Crippen LogP contribution < -0.4 is 5.73 Å². The summed E-state index contributed by atoms with van der Waals surface area (Å²) in [7, 11) is 1.57. The van der Waals surface area contributed by atoms with E-state index in [1.165, 1.54) is 10.8 Å². The first-order valence-corrected chi connectivity index (χ1v) is 5.70. The summed E-state index contributed by atoms with van der Waals surface area (Å²) >= 11 is 5.70. The number of hydrogen-bond donors (Lipinski definition) is 1. The molecule has 3 aromatic heterocycles. The van der Waals surface area contributed by atoms with E-state index in [0.29, 0.717) is 22.3 Å². The van der Waals surface area contributed by atoms with E-state index in [1.54, 1.807) is 19.3 Å². The van der Waals surface area contributed by atoms with E-state index in [9.17, 15) is 4.39 Å². The van der Waals surface area contributed by atoms with Gasteiger partial charge in [0.05, 0.1) is 11.1 Å². The number of halogens is 2. The van der Waals surface area contributed by atoms with Gasteiger partial charge < -0.3 is 10.3 Å². The van der Waals surface area contributed by atoms with Gasteiger partial charge in [-0.1, -0.05) is 0 Å². The smallest absolute Gasteiger partial charge is 0.289 e. The van der Waals surface area contributed by atoms with Crippen LogP contribution in [-0.2, 0) is 7.05 Å². The quantitative estimate of drug-likeness (QED) is 0.686. The lowest BCUT2D eigenvalue weighted by molar-refractivity contribution is 0.501. The fraction of sp³-hybridized carbons (Fsp3) is 0.0909. The summed E-state index contributed by atoms with van der Waals surface area (Å²) in [5.74, 6) is 0.223. The molecule has 0 fully saturated rings. The number of rotatable bonds is 1. The summed E-state index contributed by atoms with van der Waals surface area (Å²) in [4.78, 5) is 15.7. The fourth-order valence-electron chi connectivity index (χ4n) is 1.73. The van der Waals surface area contributed by atoms with Crippen LogP contribution in [-0.4, -0.2) is 24.5 Å². The SMILES string of the molecule is Cn1cc(-c2cnc3nc(Cl)nc(N)c3c2)nc1F. The Bertz CT molecular complexity index is 765. The monoisotopic (exact) mass is 278 g/mol. The lowest BCUT2D eigenvalue weighted by atomic mass is 10.2. The molecule has 0 amide bonds. The predicted molar refractivity (Wildman–Crippen MR) is 68.9 cm³/mol. The second-order valence-electron chi connectivity index (χ2n) is 3.98. The molecule has 3 heterocycles. The minimum atomic E-state index is -0.574. The van der Waals surface area contributed by atoms with Gasteiger partial charge in [0.1, 0.15) is 5.82 Å². The van der Waals surface area contributed by atoms with Crippen LogP contribution in [0.25, 0.3) is 22.3 Å². The zero-order valence-electron chi connectivity index (χ0n) is 9.80. The van der Waals surface area contributed by atoms with Crippen molar-refractivity contribution in [2.75, 3.05) is 5.73 Å². The molecule has 0 saturated heterocycles. The third-order valence-corrected chi connectivity index (χ3v) is 2.84. The van der Waals surface area contributed by atoms with Crippen molar-refractivity contribution in [3.8, 4) is 11.3 Å². The first-order chi connectivity index (χ1) is 9.04. The van der Waals surface area contributed by atoms with Gasteiger partial charge >= 0.3 is 0 Å². The van der Waals surface area contributed by atoms with E-state index >= 15 is 0 Å². The van der Waals surface area contributed by atoms with Crippen molar-refractivity contribution in [1.82, 2.24) is 24.5 Å². The number of nitrogens with two attached hydrogens (primary N) is 1. The van der Waals surface area contributed by atoms with E-state index in [4.69, 9.17) is 17.3 Å². The number of hydrogen-bond acceptors (Lipinski definition) is 5. The van der Waals surface area contributed by atoms with Gasteiger partial charge in [0.15, 0.2) is 5.65 Å². The summed E-state index contributed by atoms with van der Waals surface area (Å²) in [5, 5.41) is 0.585. The molecule has 3 rings (SSSR count). The van der Waals surface area contributed by atoms with Crippen molar-refractivity contribution in [2.24, 2.45) is 7.05 Å². The van der Waals surface area contributed by atoms with E-state index < -0.39 is 6.08 Å². The number of fused-ring (bicyclic) bond motifs is 1. The normalized spacial score (nSPS) is 11.1. The molecular formula is C11H8ClFN6. The number of imidazole rings is 1. The van der Waals surface area contributed by atoms with Gasteiger partial charge in [-0.25, -0.2) is 15.0 Å². The Morgan fingerprint density at radius 3 is 2.79 bits per heavy atom. The number of nitrogens with zero attached hydrogens (tertiary/aromatic N) is 5. The van der Waals surface area contributed by atoms with Gasteiger partial charge in [0.25, 0.3) is 6.08 Å². The molecule has 0 bridgehead atoms. The molecule has 6 nitrogen and oxygen atoms in total. The van der Waals surface area contributed by atoms with Crippen LogP contribution in [0.2, 0.25) is 5.28 Å². The lowest BCUT2D eigenvalue weighted by Crippen LogP contribution is -1.97. The first kappa shape index (κ1) is 11.8. The third kappa shape index (κ3) is 1.97. The zero-order chi connectivity index (χ0) is 13.6. The average molecular weight is 279 g/mol. The molecule has 0 atom stereocenters. The van der Waals surface area contributed by atoms with E-state index in [-0.39, 0.29) is 11.1 Å². The zero-order valence-corrected chi connectivity index (χ0v) is 10.6. The van der Waals surface area contributed by atoms with Crippen molar-refractivity contribution < 1.29 is 4.39 Å². The molecule has 0 aliphatic carbocycles. The Labute approximate surface area is 112 Å². The van der Waals surface area contributed by atoms with Crippen LogP contribution in [0.4, 0.5) is 10.2 Å². The van der Waals surface area contributed by atoms with Gasteiger partial charge in [-0.2, -0.15) is 9.37 Å². The number of pyridine rings is 1. The van der Waals surface area contributed by atoms with Gasteiger partial charge in [-0.3, -0.25) is 0 Å². The number of aryl methyl sites for hydroxylation is 1. The van der Waals surface area contributed by atoms with Gasteiger partial charge in [-0.15, -0.1) is 0 Å². The lowest BCUT2D eigenvalue weighted by Gasteiger charge is -2.02. The van der Waals surface area contributed by atoms with Crippen LogP contribution in [0.5, 0.6) is 0 Å². The standard InChI is InChI=1S/C11H8ClFN6/c1-19-4-7(16-11(19)13)5-2-6-8(14)17-10(12)18-9(6)15-3-5/h2-4H,1H3,(H2,14,15,17,18). The number of aromatic nitrogens is 5. The van der Waals surface area contributed by atoms with Crippen molar-refractivity contribution in [2.45, 2.75) is 0 Å². The Morgan fingerprint density at radius 2 is 2.11 bits per heavy atom. The summed E-state index contributed by atoms with van der Waals surface area (Å²) in [6.45, 7) is 0. The van der Waals surface area contributed by atoms with E-state index in [2.05, 4.69) is 19.9 Å². The van der Waals surface area contributed by atoms with Crippen LogP contribution >= 0.6 is 11.6 Å². The van der Waals surface area contributed by atoms with Crippen LogP contribution in [0.1, 0.15) is 0 Å². The third-order valence-electron chi connectivity index (χ3n) is 2.67. The Balaban J connectivity index is 2.21. The fourth-order valence-corrected chi connectivity index (χ4v) is 1.90. The van der Waals surface area contributed by atoms with Crippen LogP contribution in [0, 0.1) is 6.08 Å². The largest absolute Gasteiger partial charge is 0.383 e. The van der Waals surface area contributed by atoms with Crippen molar-refractivity contribution in [1.29, 1.82) is 0 Å². The Kier molecular flexibility index (Phi) is 2.56. The van der Waals surface area contributed by atoms with Crippen LogP contribution in [0.15, 0.2) is 18.5 Å². The van der Waals surface area contributed by atoms with Crippen molar-refractivity contribution >= 4 is 28.5 Å². The molecule has 0 radical (unpaired) electrons. The molecule has 0 aromatic carbocycles. The number of anilines is 1. The summed E-state index contributed by atoms with van der Waals surface area (Å²) in [6, 6.07) is 1.70. The predicted octanol–water partition coefficient (Wildman–Crippen LogP) is 1.80. The van der Waals surface area contributed by atoms with Gasteiger partial charge in [-0.05, 0) is 17.7 Å². The molecule has 8 heteroatoms. The summed E-state index contributed by atoms with van der Waals surface area (Å²) in [6.07, 6.45) is 2.52. The maximum absolute atomic E-state index is 13.2. The molecule has 0 saturated carbocycles. The average Bonchev–Trinajstić information content (AvgIpc) is 2.69. The first-order valence-electron chi connectivity index (χ1n) is 5.32. The second-order valence-corrected chi connectivity index (χ2v) is 4.32. The molecule has 0 unspecified atom stereocenters. The highest BCUT2D eigenvalue weighted by atomic mass is 35.5. The van der Waals surface area contributed by atoms with Crippen LogP contribution in [0.3, 0.4) is 0 Å². The van der Waals surface area contributed by atoms with Crippen molar-refractivity contribution in [3.05, 3.63) is 29.8 Å². The minimum absolute atomic E-state index is 0.0362. The minimum Gasteiger partial charge on any atom is -0.383 e. The van der Waals surface area contributed by atoms with E-state index in [0.717, 1.165) is 0 Å². The molecular weight excluding hydrogens is 271 g/mol. The van der Waals surface area contributed by atoms with E-state index in [1.807, 2.05) is 0 Å². The highest BCUT2D eigenvalue weighted by Gasteiger charge is 2.10.